The molecule has 142 valence electrons. The third kappa shape index (κ3) is 4.92. The van der Waals surface area contributed by atoms with Crippen LogP contribution in [0, 0.1) is 11.8 Å². The maximum atomic E-state index is 12.7. The van der Waals surface area contributed by atoms with Crippen LogP contribution in [-0.2, 0) is 16.0 Å². The van der Waals surface area contributed by atoms with Gasteiger partial charge in [0.1, 0.15) is 0 Å². The Labute approximate surface area is 155 Å². The van der Waals surface area contributed by atoms with Gasteiger partial charge < -0.3 is 15.4 Å². The van der Waals surface area contributed by atoms with Crippen LogP contribution in [0.15, 0.2) is 24.3 Å². The van der Waals surface area contributed by atoms with E-state index in [4.69, 9.17) is 10.5 Å². The van der Waals surface area contributed by atoms with Crippen LogP contribution in [0.2, 0.25) is 0 Å². The summed E-state index contributed by atoms with van der Waals surface area (Å²) in [4.78, 5) is 26.8. The number of aryl methyl sites for hydroxylation is 1. The normalized spacial score (nSPS) is 23.7. The molecule has 0 unspecified atom stereocenters. The Morgan fingerprint density at radius 1 is 1.04 bits per heavy atom. The third-order valence-electron chi connectivity index (χ3n) is 5.78. The first-order chi connectivity index (χ1) is 12.7. The molecule has 0 spiro atoms. The molecule has 1 amide bonds. The number of ether oxygens (including phenoxy) is 1. The summed E-state index contributed by atoms with van der Waals surface area (Å²) in [5.74, 6) is 1.18. The zero-order valence-electron chi connectivity index (χ0n) is 15.5. The lowest BCUT2D eigenvalue weighted by Gasteiger charge is -2.27. The smallest absolute Gasteiger partial charge is 0.223 e. The summed E-state index contributed by atoms with van der Waals surface area (Å²) < 4.78 is 5.28. The maximum absolute atomic E-state index is 12.7. The molecule has 5 nitrogen and oxygen atoms in total. The summed E-state index contributed by atoms with van der Waals surface area (Å²) in [6.45, 7) is 3.39. The molecule has 0 radical (unpaired) electrons. The number of carbonyl (C=O) groups is 2. The molecule has 1 aromatic rings. The van der Waals surface area contributed by atoms with Crippen molar-refractivity contribution in [3.63, 3.8) is 0 Å². The first-order valence-electron chi connectivity index (χ1n) is 9.86. The second kappa shape index (κ2) is 9.28. The number of carbonyl (C=O) groups excluding carboxylic acids is 2. The van der Waals surface area contributed by atoms with Crippen molar-refractivity contribution < 1.29 is 14.3 Å². The SMILES string of the molecule is NCC1CCC(C(=O)c2ccc(CCC(=O)N3CCOCC3)cc2)CC1. The summed E-state index contributed by atoms with van der Waals surface area (Å²) in [7, 11) is 0. The van der Waals surface area contributed by atoms with Crippen molar-refractivity contribution >= 4 is 11.7 Å². The molecule has 1 aliphatic carbocycles. The number of hydrogen-bond donors (Lipinski definition) is 1. The Morgan fingerprint density at radius 2 is 1.69 bits per heavy atom. The number of nitrogens with two attached hydrogens (primary N) is 1. The zero-order chi connectivity index (χ0) is 18.4. The molecule has 1 heterocycles. The molecule has 0 aromatic heterocycles. The maximum Gasteiger partial charge on any atom is 0.223 e. The molecule has 2 fully saturated rings. The van der Waals surface area contributed by atoms with Crippen LogP contribution >= 0.6 is 0 Å². The van der Waals surface area contributed by atoms with Gasteiger partial charge >= 0.3 is 0 Å². The number of morpholine rings is 1. The molecule has 2 N–H and O–H groups in total. The van der Waals surface area contributed by atoms with E-state index in [0.29, 0.717) is 45.1 Å². The average Bonchev–Trinajstić information content (AvgIpc) is 2.72. The highest BCUT2D eigenvalue weighted by Crippen LogP contribution is 2.30. The molecule has 2 aliphatic rings. The summed E-state index contributed by atoms with van der Waals surface area (Å²) in [5.41, 5.74) is 7.63. The van der Waals surface area contributed by atoms with Crippen LogP contribution in [0.5, 0.6) is 0 Å². The van der Waals surface area contributed by atoms with Gasteiger partial charge in [-0.15, -0.1) is 0 Å². The standard InChI is InChI=1S/C21H30N2O3/c22-15-17-3-8-19(9-4-17)21(25)18-6-1-16(2-7-18)5-10-20(24)23-11-13-26-14-12-23/h1-2,6-7,17,19H,3-5,8-15,22H2. The highest BCUT2D eigenvalue weighted by molar-refractivity contribution is 5.97. The van der Waals surface area contributed by atoms with Crippen molar-refractivity contribution in [1.82, 2.24) is 4.90 Å². The zero-order valence-corrected chi connectivity index (χ0v) is 15.5. The molecular weight excluding hydrogens is 328 g/mol. The van der Waals surface area contributed by atoms with Gasteiger partial charge in [-0.1, -0.05) is 24.3 Å². The summed E-state index contributed by atoms with van der Waals surface area (Å²) >= 11 is 0. The number of nitrogens with zero attached hydrogens (tertiary/aromatic N) is 1. The van der Waals surface area contributed by atoms with E-state index < -0.39 is 0 Å². The minimum atomic E-state index is 0.145. The molecule has 1 saturated heterocycles. The number of benzene rings is 1. The van der Waals surface area contributed by atoms with Gasteiger partial charge in [0.2, 0.25) is 5.91 Å². The lowest BCUT2D eigenvalue weighted by atomic mass is 9.78. The van der Waals surface area contributed by atoms with Gasteiger partial charge in [0.25, 0.3) is 0 Å². The Balaban J connectivity index is 1.48. The van der Waals surface area contributed by atoms with Crippen LogP contribution in [0.25, 0.3) is 0 Å². The highest BCUT2D eigenvalue weighted by atomic mass is 16.5. The Bertz CT molecular complexity index is 600. The summed E-state index contributed by atoms with van der Waals surface area (Å²) in [5, 5.41) is 0. The molecular formula is C21H30N2O3. The highest BCUT2D eigenvalue weighted by Gasteiger charge is 2.26. The summed E-state index contributed by atoms with van der Waals surface area (Å²) in [6.07, 6.45) is 5.26. The van der Waals surface area contributed by atoms with E-state index in [2.05, 4.69) is 0 Å². The number of amides is 1. The minimum absolute atomic E-state index is 0.145. The monoisotopic (exact) mass is 358 g/mol. The Kier molecular flexibility index (Phi) is 6.80. The molecule has 26 heavy (non-hydrogen) atoms. The van der Waals surface area contributed by atoms with Crippen molar-refractivity contribution in [3.8, 4) is 0 Å². The first-order valence-corrected chi connectivity index (χ1v) is 9.86. The van der Waals surface area contributed by atoms with Crippen molar-refractivity contribution in [2.45, 2.75) is 38.5 Å². The van der Waals surface area contributed by atoms with E-state index >= 15 is 0 Å². The number of rotatable bonds is 6. The Morgan fingerprint density at radius 3 is 2.31 bits per heavy atom. The minimum Gasteiger partial charge on any atom is -0.378 e. The van der Waals surface area contributed by atoms with Crippen LogP contribution in [-0.4, -0.2) is 49.4 Å². The van der Waals surface area contributed by atoms with Crippen LogP contribution in [0.3, 0.4) is 0 Å². The van der Waals surface area contributed by atoms with E-state index in [1.165, 1.54) is 0 Å². The van der Waals surface area contributed by atoms with Gasteiger partial charge in [-0.05, 0) is 50.1 Å². The lowest BCUT2D eigenvalue weighted by Crippen LogP contribution is -2.40. The predicted octanol–water partition coefficient (Wildman–Crippen LogP) is 2.43. The summed E-state index contributed by atoms with van der Waals surface area (Å²) in [6, 6.07) is 7.83. The molecule has 0 bridgehead atoms. The second-order valence-electron chi connectivity index (χ2n) is 7.51. The lowest BCUT2D eigenvalue weighted by molar-refractivity contribution is -0.135. The van der Waals surface area contributed by atoms with Gasteiger partial charge in [-0.3, -0.25) is 9.59 Å². The number of Topliss-reactive ketones (excluding diaryl/α,β-unsaturated/α-hetero) is 1. The van der Waals surface area contributed by atoms with E-state index in [-0.39, 0.29) is 17.6 Å². The molecule has 5 heteroatoms. The van der Waals surface area contributed by atoms with Gasteiger partial charge in [-0.25, -0.2) is 0 Å². The van der Waals surface area contributed by atoms with E-state index in [1.54, 1.807) is 0 Å². The molecule has 1 aromatic carbocycles. The van der Waals surface area contributed by atoms with Gasteiger partial charge in [0, 0.05) is 31.0 Å². The quantitative estimate of drug-likeness (QED) is 0.793. The molecule has 1 aliphatic heterocycles. The van der Waals surface area contributed by atoms with Gasteiger partial charge in [0.15, 0.2) is 5.78 Å². The van der Waals surface area contributed by atoms with Crippen LogP contribution in [0.1, 0.15) is 48.0 Å². The van der Waals surface area contributed by atoms with Gasteiger partial charge in [-0.2, -0.15) is 0 Å². The fourth-order valence-electron chi connectivity index (χ4n) is 3.95. The van der Waals surface area contributed by atoms with E-state index in [9.17, 15) is 9.59 Å². The predicted molar refractivity (Wildman–Crippen MR) is 101 cm³/mol. The Hall–Kier alpha value is -1.72. The van der Waals surface area contributed by atoms with Crippen molar-refractivity contribution in [3.05, 3.63) is 35.4 Å². The van der Waals surface area contributed by atoms with Gasteiger partial charge in [0.05, 0.1) is 13.2 Å². The topological polar surface area (TPSA) is 72.6 Å². The second-order valence-corrected chi connectivity index (χ2v) is 7.51. The van der Waals surface area contributed by atoms with Crippen LogP contribution < -0.4 is 5.73 Å². The molecule has 0 atom stereocenters. The number of ketones is 1. The van der Waals surface area contributed by atoms with Crippen molar-refractivity contribution in [2.75, 3.05) is 32.8 Å². The molecule has 3 rings (SSSR count). The third-order valence-corrected chi connectivity index (χ3v) is 5.78. The van der Waals surface area contributed by atoms with Crippen molar-refractivity contribution in [2.24, 2.45) is 17.6 Å². The fraction of sp³-hybridized carbons (Fsp3) is 0.619. The molecule has 1 saturated carbocycles. The van der Waals surface area contributed by atoms with E-state index in [0.717, 1.165) is 43.4 Å². The van der Waals surface area contributed by atoms with E-state index in [1.807, 2.05) is 29.2 Å². The number of hydrogen-bond acceptors (Lipinski definition) is 4. The fourth-order valence-corrected chi connectivity index (χ4v) is 3.95. The van der Waals surface area contributed by atoms with Crippen LogP contribution in [0.4, 0.5) is 0 Å². The van der Waals surface area contributed by atoms with Crippen molar-refractivity contribution in [1.29, 1.82) is 0 Å². The largest absolute Gasteiger partial charge is 0.378 e. The first kappa shape index (κ1) is 19.1. The average molecular weight is 358 g/mol.